The summed E-state index contributed by atoms with van der Waals surface area (Å²) in [5.41, 5.74) is 0. The Labute approximate surface area is 92.1 Å². The van der Waals surface area contributed by atoms with E-state index in [1.54, 1.807) is 0 Å². The molecule has 0 saturated carbocycles. The van der Waals surface area contributed by atoms with E-state index in [0.29, 0.717) is 18.3 Å². The van der Waals surface area contributed by atoms with Crippen LogP contribution in [0, 0.1) is 29.1 Å². The Bertz CT molecular complexity index is 259. The highest BCUT2D eigenvalue weighted by Crippen LogP contribution is 2.24. The summed E-state index contributed by atoms with van der Waals surface area (Å²) in [7, 11) is 0. The van der Waals surface area contributed by atoms with Crippen LogP contribution in [0.5, 0.6) is 0 Å². The number of likely N-dealkylation sites (tertiary alicyclic amines) is 1. The zero-order valence-electron chi connectivity index (χ0n) is 9.86. The molecular weight excluding hydrogens is 188 g/mol. The first kappa shape index (κ1) is 12.0. The molecule has 1 aliphatic rings. The van der Waals surface area contributed by atoms with Crippen molar-refractivity contribution >= 4 is 5.91 Å². The zero-order valence-corrected chi connectivity index (χ0v) is 9.86. The molecule has 3 heteroatoms. The van der Waals surface area contributed by atoms with Crippen LogP contribution in [0.1, 0.15) is 33.6 Å². The van der Waals surface area contributed by atoms with Crippen molar-refractivity contribution in [3.05, 3.63) is 0 Å². The van der Waals surface area contributed by atoms with E-state index >= 15 is 0 Å². The Morgan fingerprint density at radius 1 is 1.47 bits per heavy atom. The average molecular weight is 208 g/mol. The van der Waals surface area contributed by atoms with Crippen LogP contribution in [-0.2, 0) is 4.79 Å². The third-order valence-electron chi connectivity index (χ3n) is 3.33. The van der Waals surface area contributed by atoms with Crippen molar-refractivity contribution in [1.29, 1.82) is 5.26 Å². The fraction of sp³-hybridized carbons (Fsp3) is 0.833. The summed E-state index contributed by atoms with van der Waals surface area (Å²) in [6.45, 7) is 7.98. The largest absolute Gasteiger partial charge is 0.341 e. The van der Waals surface area contributed by atoms with Gasteiger partial charge in [-0.2, -0.15) is 5.26 Å². The van der Waals surface area contributed by atoms with Crippen molar-refractivity contribution in [3.63, 3.8) is 0 Å². The summed E-state index contributed by atoms with van der Waals surface area (Å²) in [4.78, 5) is 13.8. The third-order valence-corrected chi connectivity index (χ3v) is 3.33. The molecule has 0 aromatic heterocycles. The van der Waals surface area contributed by atoms with Gasteiger partial charge in [-0.15, -0.1) is 0 Å². The van der Waals surface area contributed by atoms with Gasteiger partial charge in [0, 0.05) is 13.1 Å². The summed E-state index contributed by atoms with van der Waals surface area (Å²) in [5.74, 6) is 0.743. The molecular formula is C12H20N2O. The molecule has 84 valence electrons. The molecule has 1 aliphatic heterocycles. The van der Waals surface area contributed by atoms with Crippen LogP contribution in [-0.4, -0.2) is 23.9 Å². The number of amides is 1. The van der Waals surface area contributed by atoms with Crippen LogP contribution in [0.2, 0.25) is 0 Å². The molecule has 1 amide bonds. The maximum atomic E-state index is 12.0. The van der Waals surface area contributed by atoms with Gasteiger partial charge < -0.3 is 4.90 Å². The lowest BCUT2D eigenvalue weighted by atomic mass is 10.0. The number of hydrogen-bond donors (Lipinski definition) is 0. The quantitative estimate of drug-likeness (QED) is 0.712. The van der Waals surface area contributed by atoms with Gasteiger partial charge in [-0.05, 0) is 18.3 Å². The fourth-order valence-electron chi connectivity index (χ4n) is 2.06. The molecule has 0 aromatic rings. The smallest absolute Gasteiger partial charge is 0.239 e. The lowest BCUT2D eigenvalue weighted by Crippen LogP contribution is -2.34. The molecule has 0 bridgehead atoms. The van der Waals surface area contributed by atoms with Crippen LogP contribution >= 0.6 is 0 Å². The highest BCUT2D eigenvalue weighted by Gasteiger charge is 2.32. The minimum absolute atomic E-state index is 0.0375. The lowest BCUT2D eigenvalue weighted by Gasteiger charge is -2.18. The molecule has 3 unspecified atom stereocenters. The number of carbonyl (C=O) groups is 1. The molecule has 0 spiro atoms. The molecule has 0 aliphatic carbocycles. The monoisotopic (exact) mass is 208 g/mol. The second kappa shape index (κ2) is 5.16. The van der Waals surface area contributed by atoms with E-state index in [-0.39, 0.29) is 5.91 Å². The average Bonchev–Trinajstić information content (AvgIpc) is 2.55. The van der Waals surface area contributed by atoms with Crippen molar-refractivity contribution in [1.82, 2.24) is 4.90 Å². The summed E-state index contributed by atoms with van der Waals surface area (Å²) < 4.78 is 0. The Kier molecular flexibility index (Phi) is 4.14. The SMILES string of the molecule is CCCC(C#N)C(=O)N1CC(C)C(C)C1. The molecule has 1 heterocycles. The van der Waals surface area contributed by atoms with Gasteiger partial charge in [0.25, 0.3) is 0 Å². The molecule has 0 aromatic carbocycles. The summed E-state index contributed by atoms with van der Waals surface area (Å²) in [5, 5.41) is 8.92. The van der Waals surface area contributed by atoms with Gasteiger partial charge in [0.1, 0.15) is 5.92 Å². The highest BCUT2D eigenvalue weighted by molar-refractivity contribution is 5.81. The van der Waals surface area contributed by atoms with Crippen molar-refractivity contribution in [2.75, 3.05) is 13.1 Å². The number of carbonyl (C=O) groups excluding carboxylic acids is 1. The van der Waals surface area contributed by atoms with Gasteiger partial charge in [-0.1, -0.05) is 27.2 Å². The Morgan fingerprint density at radius 3 is 2.40 bits per heavy atom. The van der Waals surface area contributed by atoms with Gasteiger partial charge in [-0.3, -0.25) is 4.79 Å². The second-order valence-corrected chi connectivity index (χ2v) is 4.67. The second-order valence-electron chi connectivity index (χ2n) is 4.67. The van der Waals surface area contributed by atoms with Crippen LogP contribution in [0.3, 0.4) is 0 Å². The number of nitrogens with zero attached hydrogens (tertiary/aromatic N) is 2. The molecule has 1 fully saturated rings. The molecule has 15 heavy (non-hydrogen) atoms. The molecule has 0 N–H and O–H groups in total. The van der Waals surface area contributed by atoms with Crippen molar-refractivity contribution in [3.8, 4) is 6.07 Å². The lowest BCUT2D eigenvalue weighted by molar-refractivity contribution is -0.133. The van der Waals surface area contributed by atoms with Gasteiger partial charge in [-0.25, -0.2) is 0 Å². The zero-order chi connectivity index (χ0) is 11.4. The first-order valence-electron chi connectivity index (χ1n) is 5.78. The van der Waals surface area contributed by atoms with E-state index in [9.17, 15) is 4.79 Å². The number of nitriles is 1. The van der Waals surface area contributed by atoms with Crippen molar-refractivity contribution in [2.45, 2.75) is 33.6 Å². The summed E-state index contributed by atoms with van der Waals surface area (Å²) in [6, 6.07) is 2.12. The van der Waals surface area contributed by atoms with E-state index in [2.05, 4.69) is 19.9 Å². The van der Waals surface area contributed by atoms with Gasteiger partial charge in [0.05, 0.1) is 6.07 Å². The standard InChI is InChI=1S/C12H20N2O/c1-4-5-11(6-13)12(15)14-7-9(2)10(3)8-14/h9-11H,4-5,7-8H2,1-3H3. The van der Waals surface area contributed by atoms with E-state index in [0.717, 1.165) is 19.5 Å². The summed E-state index contributed by atoms with van der Waals surface area (Å²) >= 11 is 0. The van der Waals surface area contributed by atoms with E-state index in [1.807, 2.05) is 11.8 Å². The van der Waals surface area contributed by atoms with Crippen LogP contribution < -0.4 is 0 Å². The van der Waals surface area contributed by atoms with Gasteiger partial charge in [0.15, 0.2) is 0 Å². The molecule has 3 nitrogen and oxygen atoms in total. The predicted molar refractivity (Wildman–Crippen MR) is 58.9 cm³/mol. The number of hydrogen-bond acceptors (Lipinski definition) is 2. The minimum atomic E-state index is -0.424. The molecule has 1 saturated heterocycles. The van der Waals surface area contributed by atoms with Crippen LogP contribution in [0.15, 0.2) is 0 Å². The Hall–Kier alpha value is -1.04. The Balaban J connectivity index is 2.57. The maximum Gasteiger partial charge on any atom is 0.239 e. The van der Waals surface area contributed by atoms with Crippen molar-refractivity contribution in [2.24, 2.45) is 17.8 Å². The van der Waals surface area contributed by atoms with Crippen LogP contribution in [0.25, 0.3) is 0 Å². The number of rotatable bonds is 3. The Morgan fingerprint density at radius 2 is 2.00 bits per heavy atom. The fourth-order valence-corrected chi connectivity index (χ4v) is 2.06. The van der Waals surface area contributed by atoms with Crippen LogP contribution in [0.4, 0.5) is 0 Å². The molecule has 1 rings (SSSR count). The highest BCUT2D eigenvalue weighted by atomic mass is 16.2. The third kappa shape index (κ3) is 2.71. The first-order chi connectivity index (χ1) is 7.10. The topological polar surface area (TPSA) is 44.1 Å². The van der Waals surface area contributed by atoms with E-state index in [4.69, 9.17) is 5.26 Å². The maximum absolute atomic E-state index is 12.0. The van der Waals surface area contributed by atoms with E-state index < -0.39 is 5.92 Å². The van der Waals surface area contributed by atoms with E-state index in [1.165, 1.54) is 0 Å². The summed E-state index contributed by atoms with van der Waals surface area (Å²) in [6.07, 6.45) is 1.58. The molecule has 3 atom stereocenters. The predicted octanol–water partition coefficient (Wildman–Crippen LogP) is 2.04. The minimum Gasteiger partial charge on any atom is -0.341 e. The van der Waals surface area contributed by atoms with Gasteiger partial charge >= 0.3 is 0 Å². The van der Waals surface area contributed by atoms with Gasteiger partial charge in [0.2, 0.25) is 5.91 Å². The first-order valence-corrected chi connectivity index (χ1v) is 5.78. The van der Waals surface area contributed by atoms with Crippen molar-refractivity contribution < 1.29 is 4.79 Å². The molecule has 0 radical (unpaired) electrons. The normalized spacial score (nSPS) is 27.5.